The number of nitrogens with zero attached hydrogens (tertiary/aromatic N) is 4. The van der Waals surface area contributed by atoms with Gasteiger partial charge in [0.1, 0.15) is 5.82 Å². The highest BCUT2D eigenvalue weighted by molar-refractivity contribution is 5.74. The minimum absolute atomic E-state index is 0.0239. The molecule has 0 saturated carbocycles. The van der Waals surface area contributed by atoms with Crippen LogP contribution in [0.15, 0.2) is 18.6 Å². The fourth-order valence-corrected chi connectivity index (χ4v) is 2.70. The third-order valence-corrected chi connectivity index (χ3v) is 4.08. The van der Waals surface area contributed by atoms with Crippen LogP contribution in [-0.4, -0.2) is 66.2 Å². The Balaban J connectivity index is 1.56. The number of ether oxygens (including phenoxy) is 1. The molecule has 1 aromatic heterocycles. The van der Waals surface area contributed by atoms with E-state index < -0.39 is 0 Å². The van der Waals surface area contributed by atoms with E-state index in [0.717, 1.165) is 38.2 Å². The van der Waals surface area contributed by atoms with Crippen molar-refractivity contribution in [2.24, 2.45) is 0 Å². The maximum atomic E-state index is 12.2. The van der Waals surface area contributed by atoms with Crippen LogP contribution >= 0.6 is 0 Å². The Labute approximate surface area is 148 Å². The van der Waals surface area contributed by atoms with Crippen molar-refractivity contribution in [1.29, 1.82) is 0 Å². The minimum Gasteiger partial charge on any atom is -0.466 e. The average molecular weight is 349 g/mol. The van der Waals surface area contributed by atoms with Crippen LogP contribution < -0.4 is 10.2 Å². The van der Waals surface area contributed by atoms with Crippen LogP contribution in [0, 0.1) is 0 Å². The Bertz CT molecular complexity index is 532. The van der Waals surface area contributed by atoms with Crippen LogP contribution in [0.4, 0.5) is 10.6 Å². The van der Waals surface area contributed by atoms with Gasteiger partial charge in [-0.3, -0.25) is 9.78 Å². The molecule has 8 heteroatoms. The van der Waals surface area contributed by atoms with Crippen LogP contribution in [0.2, 0.25) is 0 Å². The summed E-state index contributed by atoms with van der Waals surface area (Å²) in [7, 11) is 0. The van der Waals surface area contributed by atoms with Crippen LogP contribution in [0.3, 0.4) is 0 Å². The lowest BCUT2D eigenvalue weighted by molar-refractivity contribution is -0.143. The number of unbranched alkanes of at least 4 members (excludes halogenated alkanes) is 2. The van der Waals surface area contributed by atoms with Gasteiger partial charge in [0.15, 0.2) is 0 Å². The number of amides is 2. The van der Waals surface area contributed by atoms with Crippen molar-refractivity contribution in [2.75, 3.05) is 44.2 Å². The molecule has 1 aliphatic heterocycles. The van der Waals surface area contributed by atoms with Gasteiger partial charge >= 0.3 is 12.0 Å². The predicted molar refractivity (Wildman–Crippen MR) is 94.3 cm³/mol. The van der Waals surface area contributed by atoms with Gasteiger partial charge in [-0.1, -0.05) is 6.42 Å². The van der Waals surface area contributed by atoms with E-state index in [1.807, 2.05) is 4.90 Å². The molecule has 0 atom stereocenters. The lowest BCUT2D eigenvalue weighted by atomic mass is 10.2. The molecule has 1 fully saturated rings. The fraction of sp³-hybridized carbons (Fsp3) is 0.647. The zero-order valence-corrected chi connectivity index (χ0v) is 14.8. The smallest absolute Gasteiger partial charge is 0.317 e. The summed E-state index contributed by atoms with van der Waals surface area (Å²) < 4.78 is 4.88. The predicted octanol–water partition coefficient (Wildman–Crippen LogP) is 1.43. The summed E-state index contributed by atoms with van der Waals surface area (Å²) in [6, 6.07) is -0.0239. The van der Waals surface area contributed by atoms with E-state index in [4.69, 9.17) is 4.74 Å². The van der Waals surface area contributed by atoms with Gasteiger partial charge in [-0.05, 0) is 19.8 Å². The van der Waals surface area contributed by atoms with Gasteiger partial charge in [-0.15, -0.1) is 0 Å². The quantitative estimate of drug-likeness (QED) is 0.564. The van der Waals surface area contributed by atoms with E-state index in [9.17, 15) is 9.59 Å². The van der Waals surface area contributed by atoms with E-state index in [1.165, 1.54) is 0 Å². The van der Waals surface area contributed by atoms with Gasteiger partial charge < -0.3 is 19.9 Å². The summed E-state index contributed by atoms with van der Waals surface area (Å²) in [4.78, 5) is 35.7. The molecular formula is C17H27N5O3. The summed E-state index contributed by atoms with van der Waals surface area (Å²) in [6.07, 6.45) is 8.09. The van der Waals surface area contributed by atoms with Crippen molar-refractivity contribution in [1.82, 2.24) is 20.2 Å². The van der Waals surface area contributed by atoms with Gasteiger partial charge in [-0.25, -0.2) is 9.78 Å². The Morgan fingerprint density at radius 2 is 1.96 bits per heavy atom. The van der Waals surface area contributed by atoms with E-state index in [1.54, 1.807) is 25.5 Å². The van der Waals surface area contributed by atoms with Gasteiger partial charge in [0.05, 0.1) is 12.8 Å². The normalized spacial score (nSPS) is 14.3. The topological polar surface area (TPSA) is 87.7 Å². The molecule has 25 heavy (non-hydrogen) atoms. The van der Waals surface area contributed by atoms with Gasteiger partial charge in [-0.2, -0.15) is 0 Å². The largest absolute Gasteiger partial charge is 0.466 e. The average Bonchev–Trinajstić information content (AvgIpc) is 2.65. The Hall–Kier alpha value is -2.38. The standard InChI is InChI=1S/C17H27N5O3/c1-2-25-16(23)6-4-3-5-7-20-17(24)22-12-10-21(11-13-22)15-14-18-8-9-19-15/h8-9,14H,2-7,10-13H2,1H3,(H,20,24). The molecule has 0 spiro atoms. The first-order valence-electron chi connectivity index (χ1n) is 8.90. The summed E-state index contributed by atoms with van der Waals surface area (Å²) in [5.41, 5.74) is 0. The van der Waals surface area contributed by atoms with E-state index in [-0.39, 0.29) is 12.0 Å². The van der Waals surface area contributed by atoms with Crippen LogP contribution in [0.25, 0.3) is 0 Å². The number of hydrogen-bond acceptors (Lipinski definition) is 6. The number of hydrogen-bond donors (Lipinski definition) is 1. The second-order valence-corrected chi connectivity index (χ2v) is 5.89. The first-order valence-corrected chi connectivity index (χ1v) is 8.90. The fourth-order valence-electron chi connectivity index (χ4n) is 2.70. The maximum Gasteiger partial charge on any atom is 0.317 e. The molecule has 2 rings (SSSR count). The van der Waals surface area contributed by atoms with Gasteiger partial charge in [0, 0.05) is 51.5 Å². The second-order valence-electron chi connectivity index (χ2n) is 5.89. The molecule has 2 heterocycles. The summed E-state index contributed by atoms with van der Waals surface area (Å²) >= 11 is 0. The molecule has 0 aliphatic carbocycles. The number of anilines is 1. The number of carbonyl (C=O) groups excluding carboxylic acids is 2. The highest BCUT2D eigenvalue weighted by Gasteiger charge is 2.21. The molecule has 0 bridgehead atoms. The van der Waals surface area contributed by atoms with Crippen molar-refractivity contribution >= 4 is 17.8 Å². The number of nitrogens with one attached hydrogen (secondary N) is 1. The molecule has 0 unspecified atom stereocenters. The molecule has 0 radical (unpaired) electrons. The third-order valence-electron chi connectivity index (χ3n) is 4.08. The molecular weight excluding hydrogens is 322 g/mol. The van der Waals surface area contributed by atoms with Crippen LogP contribution in [-0.2, 0) is 9.53 Å². The van der Waals surface area contributed by atoms with Gasteiger partial charge in [0.2, 0.25) is 0 Å². The first kappa shape index (κ1) is 19.0. The molecule has 138 valence electrons. The zero-order chi connectivity index (χ0) is 17.9. The summed E-state index contributed by atoms with van der Waals surface area (Å²) in [5.74, 6) is 0.705. The highest BCUT2D eigenvalue weighted by atomic mass is 16.5. The van der Waals surface area contributed by atoms with E-state index in [2.05, 4.69) is 20.2 Å². The Kier molecular flexibility index (Phi) is 7.94. The Morgan fingerprint density at radius 3 is 2.64 bits per heavy atom. The monoisotopic (exact) mass is 349 g/mol. The van der Waals surface area contributed by atoms with Crippen molar-refractivity contribution < 1.29 is 14.3 Å². The minimum atomic E-state index is -0.146. The number of urea groups is 1. The number of esters is 1. The molecule has 1 aromatic rings. The molecule has 1 saturated heterocycles. The SMILES string of the molecule is CCOC(=O)CCCCCNC(=O)N1CCN(c2cnccn2)CC1. The zero-order valence-electron chi connectivity index (χ0n) is 14.8. The molecule has 0 aromatic carbocycles. The summed E-state index contributed by atoms with van der Waals surface area (Å²) in [5, 5.41) is 2.94. The molecule has 1 N–H and O–H groups in total. The first-order chi connectivity index (χ1) is 12.2. The van der Waals surface area contributed by atoms with E-state index >= 15 is 0 Å². The molecule has 1 aliphatic rings. The van der Waals surface area contributed by atoms with E-state index in [0.29, 0.717) is 32.7 Å². The van der Waals surface area contributed by atoms with Gasteiger partial charge in [0.25, 0.3) is 0 Å². The number of rotatable bonds is 8. The number of carbonyl (C=O) groups is 2. The molecule has 8 nitrogen and oxygen atoms in total. The summed E-state index contributed by atoms with van der Waals surface area (Å²) in [6.45, 7) is 5.72. The van der Waals surface area contributed by atoms with Crippen LogP contribution in [0.1, 0.15) is 32.6 Å². The molecule has 2 amide bonds. The van der Waals surface area contributed by atoms with Crippen LogP contribution in [0.5, 0.6) is 0 Å². The van der Waals surface area contributed by atoms with Crippen molar-refractivity contribution in [2.45, 2.75) is 32.6 Å². The highest BCUT2D eigenvalue weighted by Crippen LogP contribution is 2.11. The van der Waals surface area contributed by atoms with Crippen molar-refractivity contribution in [3.05, 3.63) is 18.6 Å². The Morgan fingerprint density at radius 1 is 1.16 bits per heavy atom. The number of piperazine rings is 1. The third kappa shape index (κ3) is 6.56. The second kappa shape index (κ2) is 10.5. The lowest BCUT2D eigenvalue weighted by Crippen LogP contribution is -2.52. The number of aromatic nitrogens is 2. The lowest BCUT2D eigenvalue weighted by Gasteiger charge is -2.35. The maximum absolute atomic E-state index is 12.2. The van der Waals surface area contributed by atoms with Crippen molar-refractivity contribution in [3.63, 3.8) is 0 Å². The van der Waals surface area contributed by atoms with Crippen molar-refractivity contribution in [3.8, 4) is 0 Å².